The molecule has 0 bridgehead atoms. The Hall–Kier alpha value is -6.50. The van der Waals surface area contributed by atoms with Crippen LogP contribution < -0.4 is 19.3 Å². The number of para-hydroxylation sites is 2. The van der Waals surface area contributed by atoms with Crippen molar-refractivity contribution in [1.29, 1.82) is 0 Å². The first-order valence-corrected chi connectivity index (χ1v) is 19.2. The van der Waals surface area contributed by atoms with E-state index in [1.54, 1.807) is 0 Å². The quantitative estimate of drug-likeness (QED) is 0.116. The van der Waals surface area contributed by atoms with Crippen molar-refractivity contribution in [3.63, 3.8) is 0 Å². The number of fused-ring (bicyclic) bond motifs is 4. The summed E-state index contributed by atoms with van der Waals surface area (Å²) in [7, 11) is 0. The summed E-state index contributed by atoms with van der Waals surface area (Å²) in [4.78, 5) is 26.9. The van der Waals surface area contributed by atoms with E-state index in [9.17, 15) is 30.4 Å². The molecule has 2 N–H and O–H groups in total. The molecule has 0 fully saturated rings. The van der Waals surface area contributed by atoms with Gasteiger partial charge < -0.3 is 29.5 Å². The van der Waals surface area contributed by atoms with E-state index in [2.05, 4.69) is 86.0 Å². The molecule has 0 amide bonds. The number of hydrogen-bond donors (Lipinski definition) is 2. The van der Waals surface area contributed by atoms with Crippen LogP contribution in [0.25, 0.3) is 12.2 Å². The molecular weight excluding hydrogens is 737 g/mol. The topological polar surface area (TPSA) is 152 Å². The number of aliphatic hydroxyl groups excluding tert-OH is 2. The van der Waals surface area contributed by atoms with E-state index in [1.165, 1.54) is 24.3 Å². The number of nitrogens with zero attached hydrogens (tertiary/aromatic N) is 4. The molecule has 294 valence electrons. The molecule has 2 spiro atoms. The fourth-order valence-electron chi connectivity index (χ4n) is 9.50. The van der Waals surface area contributed by atoms with E-state index in [1.807, 2.05) is 48.6 Å². The molecule has 0 aliphatic carbocycles. The van der Waals surface area contributed by atoms with E-state index >= 15 is 0 Å². The summed E-state index contributed by atoms with van der Waals surface area (Å²) in [6.07, 6.45) is 7.70. The molecular formula is C46H42N4O8. The molecule has 12 nitrogen and oxygen atoms in total. The molecule has 9 rings (SSSR count). The van der Waals surface area contributed by atoms with Crippen LogP contribution in [-0.4, -0.2) is 31.5 Å². The van der Waals surface area contributed by atoms with Crippen LogP contribution in [-0.2, 0) is 37.1 Å². The van der Waals surface area contributed by atoms with Crippen LogP contribution in [0.3, 0.4) is 0 Å². The Morgan fingerprint density at radius 2 is 0.966 bits per heavy atom. The van der Waals surface area contributed by atoms with Gasteiger partial charge in [-0.1, -0.05) is 60.7 Å². The highest BCUT2D eigenvalue weighted by atomic mass is 16.6. The van der Waals surface area contributed by atoms with Crippen molar-refractivity contribution in [3.8, 4) is 11.5 Å². The lowest BCUT2D eigenvalue weighted by atomic mass is 9.76. The molecule has 0 saturated heterocycles. The third-order valence-electron chi connectivity index (χ3n) is 12.6. The number of benzene rings is 5. The maximum Gasteiger partial charge on any atom is 0.270 e. The summed E-state index contributed by atoms with van der Waals surface area (Å²) >= 11 is 0. The summed E-state index contributed by atoms with van der Waals surface area (Å²) in [6.45, 7) is 8.64. The number of rotatable bonds is 8. The zero-order valence-corrected chi connectivity index (χ0v) is 32.5. The van der Waals surface area contributed by atoms with Crippen molar-refractivity contribution < 1.29 is 29.5 Å². The Bertz CT molecular complexity index is 2420. The van der Waals surface area contributed by atoms with E-state index in [0.717, 1.165) is 33.6 Å². The van der Waals surface area contributed by atoms with Crippen molar-refractivity contribution in [1.82, 2.24) is 0 Å². The van der Waals surface area contributed by atoms with E-state index < -0.39 is 45.3 Å². The highest BCUT2D eigenvalue weighted by Gasteiger charge is 2.60. The molecule has 0 saturated carbocycles. The van der Waals surface area contributed by atoms with Crippen molar-refractivity contribution in [3.05, 3.63) is 174 Å². The Morgan fingerprint density at radius 1 is 0.586 bits per heavy atom. The molecule has 0 radical (unpaired) electrons. The highest BCUT2D eigenvalue weighted by molar-refractivity contribution is 5.76. The van der Waals surface area contributed by atoms with Crippen molar-refractivity contribution in [2.24, 2.45) is 0 Å². The van der Waals surface area contributed by atoms with Gasteiger partial charge in [0, 0.05) is 71.0 Å². The van der Waals surface area contributed by atoms with Gasteiger partial charge in [0.15, 0.2) is 0 Å². The van der Waals surface area contributed by atoms with Gasteiger partial charge in [-0.2, -0.15) is 0 Å². The molecule has 4 heterocycles. The van der Waals surface area contributed by atoms with Crippen LogP contribution in [0.15, 0.2) is 109 Å². The van der Waals surface area contributed by atoms with Gasteiger partial charge in [-0.25, -0.2) is 0 Å². The highest BCUT2D eigenvalue weighted by Crippen LogP contribution is 2.58. The van der Waals surface area contributed by atoms with Crippen molar-refractivity contribution in [2.45, 2.75) is 76.3 Å². The van der Waals surface area contributed by atoms with Crippen LogP contribution >= 0.6 is 0 Å². The standard InChI is InChI=1S/C46H42N4O8/c1-43(2)37-9-5-7-11-39(37)47(45(43)19-17-31-21-35(49(53)54)23-33(27-51)41(31)57-45)25-29-13-15-30(16-14-29)26-48-40-12-8-6-10-38(40)44(3,4)46(48)20-18-32-22-36(50(55)56)24-34(28-52)42(32)58-46/h5-24,51-52H,25-28H2,1-4H3/t45-,46-/m0/s1. The van der Waals surface area contributed by atoms with E-state index in [0.29, 0.717) is 46.8 Å². The molecule has 4 aliphatic heterocycles. The van der Waals surface area contributed by atoms with Gasteiger partial charge in [0.05, 0.1) is 33.9 Å². The molecule has 5 aromatic carbocycles. The third-order valence-corrected chi connectivity index (χ3v) is 12.6. The minimum atomic E-state index is -1.02. The fourth-order valence-corrected chi connectivity index (χ4v) is 9.50. The van der Waals surface area contributed by atoms with Crippen LogP contribution in [0.2, 0.25) is 0 Å². The second-order valence-corrected chi connectivity index (χ2v) is 16.4. The summed E-state index contributed by atoms with van der Waals surface area (Å²) < 4.78 is 14.0. The molecule has 12 heteroatoms. The van der Waals surface area contributed by atoms with Crippen LogP contribution in [0.1, 0.15) is 72.2 Å². The Labute approximate surface area is 335 Å². The summed E-state index contributed by atoms with van der Waals surface area (Å²) in [6, 6.07) is 30.5. The first-order chi connectivity index (χ1) is 27.7. The van der Waals surface area contributed by atoms with Crippen molar-refractivity contribution in [2.75, 3.05) is 9.80 Å². The second kappa shape index (κ2) is 13.0. The number of aliphatic hydroxyl groups is 2. The Morgan fingerprint density at radius 3 is 1.33 bits per heavy atom. The van der Waals surface area contributed by atoms with Gasteiger partial charge in [-0.05, 0) is 86.4 Å². The average Bonchev–Trinajstić information content (AvgIpc) is 3.51. The molecule has 58 heavy (non-hydrogen) atoms. The SMILES string of the molecule is CC1(C)c2ccccc2N(Cc2ccc(CN3c4ccccc4C(C)(C)[C@@]34C=Cc3cc([N+](=O)[O-])cc(CO)c3O4)cc2)[C@]12C=Cc1cc([N+](=O)[O-])cc(CO)c1O2. The third kappa shape index (κ3) is 5.21. The fraction of sp³-hybridized carbons (Fsp3) is 0.261. The Balaban J connectivity index is 1.06. The maximum absolute atomic E-state index is 11.7. The largest absolute Gasteiger partial charge is 0.462 e. The lowest BCUT2D eigenvalue weighted by Crippen LogP contribution is -2.59. The number of non-ortho nitro benzene ring substituents is 2. The smallest absolute Gasteiger partial charge is 0.270 e. The zero-order valence-electron chi connectivity index (χ0n) is 32.5. The van der Waals surface area contributed by atoms with Crippen LogP contribution in [0.5, 0.6) is 11.5 Å². The number of nitro groups is 2. The molecule has 0 unspecified atom stereocenters. The molecule has 5 aromatic rings. The first kappa shape index (κ1) is 37.1. The van der Waals surface area contributed by atoms with Gasteiger partial charge in [0.25, 0.3) is 11.4 Å². The second-order valence-electron chi connectivity index (χ2n) is 16.4. The maximum atomic E-state index is 11.7. The number of hydrogen-bond acceptors (Lipinski definition) is 10. The lowest BCUT2D eigenvalue weighted by Gasteiger charge is -2.47. The Kier molecular flexibility index (Phi) is 8.33. The number of nitro benzene ring substituents is 2. The molecule has 4 aliphatic rings. The predicted molar refractivity (Wildman–Crippen MR) is 221 cm³/mol. The molecule has 2 atom stereocenters. The monoisotopic (exact) mass is 778 g/mol. The average molecular weight is 779 g/mol. The molecule has 0 aromatic heterocycles. The number of anilines is 2. The van der Waals surface area contributed by atoms with Gasteiger partial charge in [0.1, 0.15) is 11.5 Å². The summed E-state index contributed by atoms with van der Waals surface area (Å²) in [5.74, 6) is 0.844. The van der Waals surface area contributed by atoms with E-state index in [-0.39, 0.29) is 11.4 Å². The van der Waals surface area contributed by atoms with E-state index in [4.69, 9.17) is 9.47 Å². The normalized spacial score (nSPS) is 21.3. The number of ether oxygens (including phenoxy) is 2. The minimum absolute atomic E-state index is 0.109. The summed E-state index contributed by atoms with van der Waals surface area (Å²) in [5, 5.41) is 44.1. The zero-order chi connectivity index (χ0) is 40.8. The van der Waals surface area contributed by atoms with Gasteiger partial charge >= 0.3 is 0 Å². The van der Waals surface area contributed by atoms with Crippen LogP contribution in [0, 0.1) is 20.2 Å². The van der Waals surface area contributed by atoms with Crippen LogP contribution in [0.4, 0.5) is 22.7 Å². The minimum Gasteiger partial charge on any atom is -0.462 e. The first-order valence-electron chi connectivity index (χ1n) is 19.2. The van der Waals surface area contributed by atoms with Gasteiger partial charge in [-0.15, -0.1) is 0 Å². The summed E-state index contributed by atoms with van der Waals surface area (Å²) in [5.41, 5.74) is 4.63. The van der Waals surface area contributed by atoms with Gasteiger partial charge in [0.2, 0.25) is 11.4 Å². The lowest BCUT2D eigenvalue weighted by molar-refractivity contribution is -0.385. The predicted octanol–water partition coefficient (Wildman–Crippen LogP) is 8.69. The van der Waals surface area contributed by atoms with Crippen molar-refractivity contribution >= 4 is 34.9 Å². The van der Waals surface area contributed by atoms with Gasteiger partial charge in [-0.3, -0.25) is 20.2 Å².